The molecule has 2 heterocycles. The molecular formula is C55H36N4. The van der Waals surface area contributed by atoms with Gasteiger partial charge in [0.2, 0.25) is 0 Å². The molecule has 0 spiro atoms. The van der Waals surface area contributed by atoms with Crippen molar-refractivity contribution in [3.05, 3.63) is 218 Å². The van der Waals surface area contributed by atoms with Crippen molar-refractivity contribution in [2.75, 3.05) is 0 Å². The van der Waals surface area contributed by atoms with Gasteiger partial charge in [-0.25, -0.2) is 15.0 Å². The minimum atomic E-state index is 0.608. The molecule has 59 heavy (non-hydrogen) atoms. The zero-order valence-electron chi connectivity index (χ0n) is 32.1. The van der Waals surface area contributed by atoms with Crippen molar-refractivity contribution < 1.29 is 0 Å². The Morgan fingerprint density at radius 3 is 1.46 bits per heavy atom. The number of benzene rings is 9. The van der Waals surface area contributed by atoms with Crippen LogP contribution in [0, 0.1) is 0 Å². The molecule has 0 aliphatic carbocycles. The van der Waals surface area contributed by atoms with E-state index in [9.17, 15) is 0 Å². The van der Waals surface area contributed by atoms with Gasteiger partial charge < -0.3 is 4.57 Å². The van der Waals surface area contributed by atoms with Gasteiger partial charge in [-0.15, -0.1) is 0 Å². The first-order chi connectivity index (χ1) is 29.2. The van der Waals surface area contributed by atoms with Crippen LogP contribution in [0.15, 0.2) is 218 Å². The third-order valence-corrected chi connectivity index (χ3v) is 11.3. The molecule has 4 heteroatoms. The van der Waals surface area contributed by atoms with Gasteiger partial charge in [-0.2, -0.15) is 0 Å². The number of fused-ring (bicyclic) bond motifs is 4. The summed E-state index contributed by atoms with van der Waals surface area (Å²) in [7, 11) is 0. The van der Waals surface area contributed by atoms with Crippen LogP contribution < -0.4 is 0 Å². The molecule has 0 bridgehead atoms. The molecule has 0 saturated carbocycles. The van der Waals surface area contributed by atoms with Gasteiger partial charge in [0.25, 0.3) is 0 Å². The summed E-state index contributed by atoms with van der Waals surface area (Å²) in [5.74, 6) is 1.86. The Morgan fingerprint density at radius 1 is 0.271 bits per heavy atom. The highest BCUT2D eigenvalue weighted by Gasteiger charge is 2.20. The summed E-state index contributed by atoms with van der Waals surface area (Å²) in [6, 6.07) is 77.1. The largest absolute Gasteiger partial charge is 0.309 e. The molecule has 4 nitrogen and oxygen atoms in total. The number of rotatable bonds is 7. The van der Waals surface area contributed by atoms with E-state index >= 15 is 0 Å². The number of nitrogens with zero attached hydrogens (tertiary/aromatic N) is 4. The standard InChI is InChI=1S/C55H36N4/c1-3-15-37(16-4-1)39-29-31-41(32-30-39)53-56-54(58-55(57-53)49-26-14-20-40-19-7-8-23-45(40)49)44-33-34-46(43-22-13-21-42(35-43)38-17-5-2-6-18-38)52(36-44)59-50-27-11-9-24-47(50)48-25-10-12-28-51(48)59/h1-36H. The number of aromatic nitrogens is 4. The lowest BCUT2D eigenvalue weighted by Gasteiger charge is -2.17. The second-order valence-corrected chi connectivity index (χ2v) is 14.8. The summed E-state index contributed by atoms with van der Waals surface area (Å²) >= 11 is 0. The van der Waals surface area contributed by atoms with E-state index in [1.54, 1.807) is 0 Å². The normalized spacial score (nSPS) is 11.4. The van der Waals surface area contributed by atoms with Gasteiger partial charge in [-0.1, -0.05) is 194 Å². The molecule has 0 radical (unpaired) electrons. The monoisotopic (exact) mass is 752 g/mol. The van der Waals surface area contributed by atoms with E-state index in [1.165, 1.54) is 27.5 Å². The molecule has 0 atom stereocenters. The first-order valence-corrected chi connectivity index (χ1v) is 19.9. The Hall–Kier alpha value is -7.95. The predicted octanol–water partition coefficient (Wildman–Crippen LogP) is 14.1. The van der Waals surface area contributed by atoms with Gasteiger partial charge in [-0.05, 0) is 62.9 Å². The molecule has 0 fully saturated rings. The van der Waals surface area contributed by atoms with Crippen molar-refractivity contribution in [2.24, 2.45) is 0 Å². The van der Waals surface area contributed by atoms with E-state index in [2.05, 4.69) is 217 Å². The molecule has 276 valence electrons. The quantitative estimate of drug-likeness (QED) is 0.163. The number of para-hydroxylation sites is 2. The highest BCUT2D eigenvalue weighted by Crippen LogP contribution is 2.39. The maximum absolute atomic E-state index is 5.29. The molecule has 0 saturated heterocycles. The van der Waals surface area contributed by atoms with Gasteiger partial charge in [0.1, 0.15) is 0 Å². The van der Waals surface area contributed by atoms with Crippen LogP contribution in [0.4, 0.5) is 0 Å². The molecule has 0 unspecified atom stereocenters. The van der Waals surface area contributed by atoms with Crippen molar-refractivity contribution in [2.45, 2.75) is 0 Å². The zero-order valence-corrected chi connectivity index (χ0v) is 32.1. The SMILES string of the molecule is c1ccc(-c2ccc(-c3nc(-c4ccc(-c5cccc(-c6ccccc6)c5)c(-n5c6ccccc6c6ccccc65)c4)nc(-c4cccc5ccccc45)n3)cc2)cc1. The van der Waals surface area contributed by atoms with Gasteiger partial charge in [0.05, 0.1) is 16.7 Å². The van der Waals surface area contributed by atoms with Crippen LogP contribution in [-0.2, 0) is 0 Å². The predicted molar refractivity (Wildman–Crippen MR) is 244 cm³/mol. The molecule has 2 aromatic heterocycles. The molecule has 9 aromatic carbocycles. The van der Waals surface area contributed by atoms with Crippen LogP contribution in [0.2, 0.25) is 0 Å². The Balaban J connectivity index is 1.15. The minimum Gasteiger partial charge on any atom is -0.309 e. The highest BCUT2D eigenvalue weighted by molar-refractivity contribution is 6.10. The topological polar surface area (TPSA) is 43.6 Å². The van der Waals surface area contributed by atoms with Crippen molar-refractivity contribution in [1.82, 2.24) is 19.5 Å². The van der Waals surface area contributed by atoms with Crippen LogP contribution >= 0.6 is 0 Å². The van der Waals surface area contributed by atoms with Crippen LogP contribution in [0.25, 0.3) is 106 Å². The molecular weight excluding hydrogens is 717 g/mol. The maximum Gasteiger partial charge on any atom is 0.164 e. The summed E-state index contributed by atoms with van der Waals surface area (Å²) in [4.78, 5) is 15.7. The second kappa shape index (κ2) is 14.5. The molecule has 11 rings (SSSR count). The summed E-state index contributed by atoms with van der Waals surface area (Å²) < 4.78 is 2.40. The Bertz CT molecular complexity index is 3250. The Morgan fingerprint density at radius 2 is 0.746 bits per heavy atom. The van der Waals surface area contributed by atoms with E-state index in [0.29, 0.717) is 17.5 Å². The van der Waals surface area contributed by atoms with Crippen molar-refractivity contribution in [1.29, 1.82) is 0 Å². The summed E-state index contributed by atoms with van der Waals surface area (Å²) in [6.07, 6.45) is 0. The first kappa shape index (κ1) is 34.3. The van der Waals surface area contributed by atoms with Crippen LogP contribution in [0.3, 0.4) is 0 Å². The average molecular weight is 753 g/mol. The lowest BCUT2D eigenvalue weighted by molar-refractivity contribution is 1.07. The maximum atomic E-state index is 5.29. The van der Waals surface area contributed by atoms with Gasteiger partial charge >= 0.3 is 0 Å². The average Bonchev–Trinajstić information content (AvgIpc) is 3.66. The Kier molecular flexibility index (Phi) is 8.45. The molecule has 0 N–H and O–H groups in total. The lowest BCUT2D eigenvalue weighted by Crippen LogP contribution is -2.02. The molecule has 11 aromatic rings. The number of hydrogen-bond acceptors (Lipinski definition) is 3. The summed E-state index contributed by atoms with van der Waals surface area (Å²) in [6.45, 7) is 0. The highest BCUT2D eigenvalue weighted by atomic mass is 15.0. The van der Waals surface area contributed by atoms with Gasteiger partial charge in [0, 0.05) is 33.0 Å². The van der Waals surface area contributed by atoms with Crippen molar-refractivity contribution >= 4 is 32.6 Å². The molecule has 0 aliphatic heterocycles. The second-order valence-electron chi connectivity index (χ2n) is 14.8. The third-order valence-electron chi connectivity index (χ3n) is 11.3. The molecule has 0 amide bonds. The lowest BCUT2D eigenvalue weighted by atomic mass is 9.96. The van der Waals surface area contributed by atoms with E-state index in [1.807, 2.05) is 6.07 Å². The Labute approximate surface area is 342 Å². The first-order valence-electron chi connectivity index (χ1n) is 19.9. The summed E-state index contributed by atoms with van der Waals surface area (Å²) in [5.41, 5.74) is 13.0. The van der Waals surface area contributed by atoms with Gasteiger partial charge in [0.15, 0.2) is 17.5 Å². The number of hydrogen-bond donors (Lipinski definition) is 0. The van der Waals surface area contributed by atoms with Crippen LogP contribution in [-0.4, -0.2) is 19.5 Å². The van der Waals surface area contributed by atoms with Crippen molar-refractivity contribution in [3.8, 4) is 73.2 Å². The van der Waals surface area contributed by atoms with Crippen LogP contribution in [0.5, 0.6) is 0 Å². The smallest absolute Gasteiger partial charge is 0.164 e. The fourth-order valence-corrected chi connectivity index (χ4v) is 8.40. The molecule has 0 aliphatic rings. The minimum absolute atomic E-state index is 0.608. The van der Waals surface area contributed by atoms with E-state index in [0.717, 1.165) is 60.9 Å². The van der Waals surface area contributed by atoms with E-state index in [4.69, 9.17) is 15.0 Å². The third kappa shape index (κ3) is 6.24. The fraction of sp³-hybridized carbons (Fsp3) is 0. The van der Waals surface area contributed by atoms with Crippen molar-refractivity contribution in [3.63, 3.8) is 0 Å². The zero-order chi connectivity index (χ0) is 39.1. The fourth-order valence-electron chi connectivity index (χ4n) is 8.40. The van der Waals surface area contributed by atoms with E-state index in [-0.39, 0.29) is 0 Å². The summed E-state index contributed by atoms with van der Waals surface area (Å²) in [5, 5.41) is 4.64. The van der Waals surface area contributed by atoms with Crippen LogP contribution in [0.1, 0.15) is 0 Å². The van der Waals surface area contributed by atoms with Gasteiger partial charge in [-0.3, -0.25) is 0 Å². The van der Waals surface area contributed by atoms with E-state index < -0.39 is 0 Å².